The Labute approximate surface area is 340 Å². The lowest BCUT2D eigenvalue weighted by atomic mass is 9.79. The molecule has 1 N–H and O–H groups in total. The smallest absolute Gasteiger partial charge is 0.307 e. The second kappa shape index (κ2) is 16.4. The lowest BCUT2D eigenvalue weighted by molar-refractivity contribution is -0.160. The first-order chi connectivity index (χ1) is 27.2. The van der Waals surface area contributed by atoms with Crippen LogP contribution in [0, 0.1) is 34.9 Å². The van der Waals surface area contributed by atoms with Gasteiger partial charge in [0.2, 0.25) is 27.7 Å². The molecule has 318 valence electrons. The highest BCUT2D eigenvalue weighted by Crippen LogP contribution is 2.58. The second-order valence-corrected chi connectivity index (χ2v) is 20.2. The van der Waals surface area contributed by atoms with E-state index in [9.17, 15) is 22.8 Å². The molecule has 58 heavy (non-hydrogen) atoms. The molecule has 6 rings (SSSR count). The summed E-state index contributed by atoms with van der Waals surface area (Å²) in [5.74, 6) is -3.57. The summed E-state index contributed by atoms with van der Waals surface area (Å²) in [5, 5.41) is 0.760. The van der Waals surface area contributed by atoms with Gasteiger partial charge in [-0.2, -0.15) is 0 Å². The summed E-state index contributed by atoms with van der Waals surface area (Å²) in [6.07, 6.45) is 7.94. The summed E-state index contributed by atoms with van der Waals surface area (Å²) in [6, 6.07) is 1.63. The van der Waals surface area contributed by atoms with Gasteiger partial charge in [0.15, 0.2) is 17.3 Å². The highest BCUT2D eigenvalue weighted by Gasteiger charge is 2.62. The lowest BCUT2D eigenvalue weighted by Gasteiger charge is -2.33. The van der Waals surface area contributed by atoms with Crippen molar-refractivity contribution in [3.8, 4) is 17.4 Å². The highest BCUT2D eigenvalue weighted by atomic mass is 32.2. The molecule has 7 atom stereocenters. The molecule has 0 spiro atoms. The molecule has 2 aliphatic carbocycles. The molecule has 2 saturated carbocycles. The Hall–Kier alpha value is -4.27. The van der Waals surface area contributed by atoms with Gasteiger partial charge in [0.05, 0.1) is 60.9 Å². The van der Waals surface area contributed by atoms with Crippen LogP contribution in [0.1, 0.15) is 106 Å². The summed E-state index contributed by atoms with van der Waals surface area (Å²) in [6.45, 7) is 10.9. The van der Waals surface area contributed by atoms with Crippen LogP contribution in [0.15, 0.2) is 30.5 Å². The van der Waals surface area contributed by atoms with Crippen LogP contribution in [0.4, 0.5) is 4.39 Å². The first-order valence-electron chi connectivity index (χ1n) is 20.4. The van der Waals surface area contributed by atoms with Crippen LogP contribution in [0.25, 0.3) is 10.8 Å². The number of methoxy groups -OCH3 is 2. The fourth-order valence-corrected chi connectivity index (χ4v) is 10.00. The summed E-state index contributed by atoms with van der Waals surface area (Å²) in [4.78, 5) is 63.2. The van der Waals surface area contributed by atoms with E-state index < -0.39 is 73.2 Å². The average Bonchev–Trinajstić information content (AvgIpc) is 4.03. The maximum atomic E-state index is 15.1. The molecule has 2 aromatic rings. The van der Waals surface area contributed by atoms with Gasteiger partial charge in [-0.25, -0.2) is 17.8 Å². The van der Waals surface area contributed by atoms with Crippen molar-refractivity contribution >= 4 is 44.4 Å². The largest absolute Gasteiger partial charge is 0.494 e. The fraction of sp³-hybridized carbons (Fsp3) is 0.651. The molecule has 2 aliphatic heterocycles. The SMILES string of the molecule is CC[C@@H]1C[C@H](C)CC/C=C\[C@@H]2C[C@@]2(C(=O)NS(=O)(=O)C2(C)CC2)CC(=O)[C@@H]2C[C@@H](Oc3ncc(OC)c4cc(OC)c(F)cc34)CN2C(=O)[C@H]1CC(=O)OC(C)(C)C. The van der Waals surface area contributed by atoms with Gasteiger partial charge in [-0.15, -0.1) is 0 Å². The normalized spacial score (nSPS) is 29.3. The molecular formula is C43H58FN3O10S. The molecule has 0 radical (unpaired) electrons. The van der Waals surface area contributed by atoms with Crippen LogP contribution in [-0.2, 0) is 33.9 Å². The van der Waals surface area contributed by atoms with Crippen LogP contribution in [-0.4, -0.2) is 85.1 Å². The quantitative estimate of drug-likeness (QED) is 0.206. The third kappa shape index (κ3) is 8.98. The summed E-state index contributed by atoms with van der Waals surface area (Å²) >= 11 is 0. The van der Waals surface area contributed by atoms with Crippen LogP contribution in [0.5, 0.6) is 17.4 Å². The number of nitrogens with zero attached hydrogens (tertiary/aromatic N) is 2. The molecule has 13 nitrogen and oxygen atoms in total. The van der Waals surface area contributed by atoms with Crippen molar-refractivity contribution in [1.29, 1.82) is 0 Å². The maximum absolute atomic E-state index is 15.1. The van der Waals surface area contributed by atoms with Gasteiger partial charge >= 0.3 is 5.97 Å². The number of benzene rings is 1. The van der Waals surface area contributed by atoms with E-state index >= 15 is 9.18 Å². The summed E-state index contributed by atoms with van der Waals surface area (Å²) in [5.41, 5.74) is -2.11. The standard InChI is InChI=1S/C43H58FN3O10S/c1-9-26-16-25(2)12-10-11-13-27-21-43(27,40(51)46-58(52,53)42(6)14-15-42)22-34(48)33-17-28(24-47(33)39(50)29(26)20-37(49)57-41(3,4)5)56-38-31-18-32(44)35(54-7)19-30(31)36(55-8)23-45-38/h11,13,18-19,23,25-29,33H,9-10,12,14-17,20-22,24H2,1-8H3,(H,46,51)/b13-11-/t25-,26-,27-,28-,29+,33+,43-/m1/s1. The number of halogens is 1. The number of Topliss-reactive ketones (excluding diaryl/α,β-unsaturated/α-hetero) is 1. The zero-order valence-corrected chi connectivity index (χ0v) is 35.7. The molecule has 1 saturated heterocycles. The Morgan fingerprint density at radius 2 is 1.78 bits per heavy atom. The van der Waals surface area contributed by atoms with Crippen molar-refractivity contribution in [2.24, 2.45) is 29.1 Å². The van der Waals surface area contributed by atoms with Crippen LogP contribution >= 0.6 is 0 Å². The zero-order chi connectivity index (χ0) is 42.4. The molecule has 4 aliphatic rings. The molecule has 1 aromatic carbocycles. The van der Waals surface area contributed by atoms with E-state index in [1.807, 2.05) is 19.1 Å². The number of nitrogens with one attached hydrogen (secondary N) is 1. The van der Waals surface area contributed by atoms with E-state index in [1.54, 1.807) is 27.7 Å². The molecule has 3 heterocycles. The number of hydrogen-bond donors (Lipinski definition) is 1. The van der Waals surface area contributed by atoms with Crippen LogP contribution < -0.4 is 18.9 Å². The Bertz CT molecular complexity index is 2080. The Balaban J connectivity index is 1.39. The summed E-state index contributed by atoms with van der Waals surface area (Å²) < 4.78 is 65.8. The number of hydrogen-bond acceptors (Lipinski definition) is 11. The topological polar surface area (TPSA) is 168 Å². The van der Waals surface area contributed by atoms with E-state index in [0.717, 1.165) is 6.42 Å². The molecule has 1 aromatic heterocycles. The number of rotatable bonds is 10. The lowest BCUT2D eigenvalue weighted by Crippen LogP contribution is -2.48. The van der Waals surface area contributed by atoms with E-state index in [0.29, 0.717) is 43.2 Å². The van der Waals surface area contributed by atoms with E-state index in [4.69, 9.17) is 18.9 Å². The molecule has 0 unspecified atom stereocenters. The maximum Gasteiger partial charge on any atom is 0.307 e. The minimum Gasteiger partial charge on any atom is -0.494 e. The molecular weight excluding hydrogens is 770 g/mol. The predicted octanol–water partition coefficient (Wildman–Crippen LogP) is 6.45. The number of allylic oxidation sites excluding steroid dienone is 2. The number of esters is 1. The average molecular weight is 828 g/mol. The minimum absolute atomic E-state index is 0.00744. The minimum atomic E-state index is -3.99. The predicted molar refractivity (Wildman–Crippen MR) is 214 cm³/mol. The Morgan fingerprint density at radius 3 is 2.41 bits per heavy atom. The Morgan fingerprint density at radius 1 is 1.07 bits per heavy atom. The van der Waals surface area contributed by atoms with Crippen molar-refractivity contribution in [2.75, 3.05) is 20.8 Å². The number of sulfonamides is 1. The van der Waals surface area contributed by atoms with E-state index in [1.165, 1.54) is 37.4 Å². The second-order valence-electron chi connectivity index (χ2n) is 18.1. The molecule has 3 fully saturated rings. The molecule has 0 bridgehead atoms. The van der Waals surface area contributed by atoms with Crippen LogP contribution in [0.3, 0.4) is 0 Å². The number of carbonyl (C=O) groups excluding carboxylic acids is 4. The van der Waals surface area contributed by atoms with Gasteiger partial charge in [0, 0.05) is 18.2 Å². The first kappa shape index (κ1) is 43.3. The van der Waals surface area contributed by atoms with E-state index in [-0.39, 0.29) is 67.0 Å². The number of ether oxygens (including phenoxy) is 4. The number of aromatic nitrogens is 1. The van der Waals surface area contributed by atoms with Gasteiger partial charge in [-0.3, -0.25) is 23.9 Å². The zero-order valence-electron chi connectivity index (χ0n) is 34.9. The van der Waals surface area contributed by atoms with Crippen molar-refractivity contribution in [3.05, 3.63) is 36.3 Å². The van der Waals surface area contributed by atoms with Gasteiger partial charge < -0.3 is 23.8 Å². The van der Waals surface area contributed by atoms with Crippen molar-refractivity contribution in [1.82, 2.24) is 14.6 Å². The first-order valence-corrected chi connectivity index (χ1v) is 21.9. The van der Waals surface area contributed by atoms with Crippen molar-refractivity contribution in [2.45, 2.75) is 128 Å². The van der Waals surface area contributed by atoms with Crippen molar-refractivity contribution in [3.63, 3.8) is 0 Å². The number of ketones is 1. The monoisotopic (exact) mass is 827 g/mol. The highest BCUT2D eigenvalue weighted by molar-refractivity contribution is 7.91. The van der Waals surface area contributed by atoms with Gasteiger partial charge in [0.25, 0.3) is 0 Å². The summed E-state index contributed by atoms with van der Waals surface area (Å²) in [7, 11) is -1.18. The van der Waals surface area contributed by atoms with E-state index in [2.05, 4.69) is 16.6 Å². The number of pyridine rings is 1. The third-order valence-corrected chi connectivity index (χ3v) is 14.7. The molecule has 15 heteroatoms. The van der Waals surface area contributed by atoms with Gasteiger partial charge in [-0.05, 0) is 96.1 Å². The fourth-order valence-electron chi connectivity index (χ4n) is 8.67. The number of fused-ring (bicyclic) bond motifs is 3. The van der Waals surface area contributed by atoms with Gasteiger partial charge in [-0.1, -0.05) is 32.4 Å². The van der Waals surface area contributed by atoms with Gasteiger partial charge in [0.1, 0.15) is 17.5 Å². The Kier molecular flexibility index (Phi) is 12.3. The third-order valence-electron chi connectivity index (χ3n) is 12.5. The van der Waals surface area contributed by atoms with Crippen molar-refractivity contribution < 1.29 is 50.9 Å². The number of carbonyl (C=O) groups is 4. The molecule has 2 amide bonds. The van der Waals surface area contributed by atoms with Crippen LogP contribution in [0.2, 0.25) is 0 Å². The number of amides is 2.